The highest BCUT2D eigenvalue weighted by Crippen LogP contribution is 2.19. The summed E-state index contributed by atoms with van der Waals surface area (Å²) in [5.74, 6) is 1.79. The summed E-state index contributed by atoms with van der Waals surface area (Å²) in [5.41, 5.74) is 2.60. The molecule has 5 heteroatoms. The second-order valence-corrected chi connectivity index (χ2v) is 7.15. The second-order valence-electron chi connectivity index (χ2n) is 5.92. The van der Waals surface area contributed by atoms with Gasteiger partial charge >= 0.3 is 0 Å². The number of halogens is 1. The molecule has 1 amide bonds. The van der Waals surface area contributed by atoms with E-state index in [0.717, 1.165) is 42.4 Å². The Kier molecular flexibility index (Phi) is 6.25. The Morgan fingerprint density at radius 3 is 2.76 bits per heavy atom. The van der Waals surface area contributed by atoms with Crippen molar-refractivity contribution in [3.63, 3.8) is 0 Å². The average molecular weight is 356 g/mol. The molecule has 0 aliphatic carbocycles. The van der Waals surface area contributed by atoms with Crippen LogP contribution >= 0.6 is 11.8 Å². The largest absolute Gasteiger partial charge is 0.322 e. The molecule has 0 spiro atoms. The summed E-state index contributed by atoms with van der Waals surface area (Å²) in [6.07, 6.45) is 3.05. The van der Waals surface area contributed by atoms with Crippen LogP contribution in [0.15, 0.2) is 54.6 Å². The molecular weight excluding hydrogens is 335 g/mol. The smallest absolute Gasteiger partial charge is 0.248 e. The van der Waals surface area contributed by atoms with Crippen LogP contribution in [-0.2, 0) is 11.3 Å². The SMILES string of the molecule is O=C(/C=C/c1cccc(F)c1)Nc1ccccc1CN1CCSCC1. The van der Waals surface area contributed by atoms with Gasteiger partial charge in [0.05, 0.1) is 0 Å². The van der Waals surface area contributed by atoms with E-state index in [1.165, 1.54) is 18.2 Å². The number of hydrogen-bond acceptors (Lipinski definition) is 3. The topological polar surface area (TPSA) is 32.3 Å². The third-order valence-electron chi connectivity index (χ3n) is 4.05. The lowest BCUT2D eigenvalue weighted by Crippen LogP contribution is -2.32. The molecule has 0 unspecified atom stereocenters. The fourth-order valence-electron chi connectivity index (χ4n) is 2.74. The van der Waals surface area contributed by atoms with Gasteiger partial charge in [-0.05, 0) is 35.4 Å². The lowest BCUT2D eigenvalue weighted by Gasteiger charge is -2.27. The molecule has 0 atom stereocenters. The Balaban J connectivity index is 1.64. The van der Waals surface area contributed by atoms with E-state index in [-0.39, 0.29) is 11.7 Å². The van der Waals surface area contributed by atoms with Crippen LogP contribution in [0.1, 0.15) is 11.1 Å². The van der Waals surface area contributed by atoms with Crippen LogP contribution in [0.5, 0.6) is 0 Å². The van der Waals surface area contributed by atoms with Gasteiger partial charge in [-0.2, -0.15) is 11.8 Å². The van der Waals surface area contributed by atoms with Gasteiger partial charge in [-0.1, -0.05) is 30.3 Å². The Labute approximate surface area is 151 Å². The molecule has 1 aliphatic rings. The van der Waals surface area contributed by atoms with E-state index in [9.17, 15) is 9.18 Å². The standard InChI is InChI=1S/C20H21FN2OS/c21-18-6-3-4-16(14-18)8-9-20(24)22-19-7-2-1-5-17(19)15-23-10-12-25-13-11-23/h1-9,14H,10-13,15H2,(H,22,24)/b9-8+. The number of benzene rings is 2. The number of para-hydroxylation sites is 1. The Morgan fingerprint density at radius 2 is 1.96 bits per heavy atom. The number of nitrogens with zero attached hydrogens (tertiary/aromatic N) is 1. The molecule has 1 N–H and O–H groups in total. The molecule has 0 radical (unpaired) electrons. The van der Waals surface area contributed by atoms with Crippen molar-refractivity contribution in [2.45, 2.75) is 6.54 Å². The van der Waals surface area contributed by atoms with Gasteiger partial charge in [0.25, 0.3) is 0 Å². The molecule has 3 nitrogen and oxygen atoms in total. The zero-order chi connectivity index (χ0) is 17.5. The molecule has 0 aromatic heterocycles. The van der Waals surface area contributed by atoms with E-state index in [1.807, 2.05) is 36.0 Å². The van der Waals surface area contributed by atoms with Crippen LogP contribution < -0.4 is 5.32 Å². The highest BCUT2D eigenvalue weighted by molar-refractivity contribution is 7.99. The first-order chi connectivity index (χ1) is 12.2. The minimum atomic E-state index is -0.312. The molecule has 1 fully saturated rings. The van der Waals surface area contributed by atoms with Gasteiger partial charge in [0.2, 0.25) is 5.91 Å². The second kappa shape index (κ2) is 8.83. The van der Waals surface area contributed by atoms with Gasteiger partial charge in [-0.15, -0.1) is 0 Å². The molecule has 2 aromatic carbocycles. The fraction of sp³-hybridized carbons (Fsp3) is 0.250. The lowest BCUT2D eigenvalue weighted by molar-refractivity contribution is -0.111. The van der Waals surface area contributed by atoms with Gasteiger partial charge in [0, 0.05) is 42.9 Å². The van der Waals surface area contributed by atoms with Crippen molar-refractivity contribution in [1.29, 1.82) is 0 Å². The number of rotatable bonds is 5. The number of hydrogen-bond donors (Lipinski definition) is 1. The third-order valence-corrected chi connectivity index (χ3v) is 4.99. The van der Waals surface area contributed by atoms with Gasteiger partial charge in [0.1, 0.15) is 5.82 Å². The fourth-order valence-corrected chi connectivity index (χ4v) is 3.72. The molecule has 1 aliphatic heterocycles. The summed E-state index contributed by atoms with van der Waals surface area (Å²) in [4.78, 5) is 14.6. The maximum absolute atomic E-state index is 13.2. The highest BCUT2D eigenvalue weighted by Gasteiger charge is 2.13. The van der Waals surface area contributed by atoms with E-state index in [1.54, 1.807) is 18.2 Å². The van der Waals surface area contributed by atoms with Crippen molar-refractivity contribution in [3.8, 4) is 0 Å². The molecule has 0 saturated carbocycles. The predicted octanol–water partition coefficient (Wildman–Crippen LogP) is 4.03. The van der Waals surface area contributed by atoms with Crippen molar-refractivity contribution >= 4 is 29.4 Å². The van der Waals surface area contributed by atoms with E-state index in [0.29, 0.717) is 5.56 Å². The van der Waals surface area contributed by atoms with E-state index < -0.39 is 0 Å². The molecule has 2 aromatic rings. The van der Waals surface area contributed by atoms with Crippen molar-refractivity contribution < 1.29 is 9.18 Å². The summed E-state index contributed by atoms with van der Waals surface area (Å²) in [6, 6.07) is 14.0. The van der Waals surface area contributed by atoms with Crippen LogP contribution in [0, 0.1) is 5.82 Å². The van der Waals surface area contributed by atoms with Crippen LogP contribution in [-0.4, -0.2) is 35.4 Å². The molecule has 25 heavy (non-hydrogen) atoms. The first kappa shape index (κ1) is 17.7. The van der Waals surface area contributed by atoms with E-state index in [2.05, 4.69) is 10.2 Å². The summed E-state index contributed by atoms with van der Waals surface area (Å²) in [7, 11) is 0. The molecule has 3 rings (SSSR count). The minimum absolute atomic E-state index is 0.217. The highest BCUT2D eigenvalue weighted by atomic mass is 32.2. The van der Waals surface area contributed by atoms with Crippen molar-refractivity contribution in [2.75, 3.05) is 29.9 Å². The minimum Gasteiger partial charge on any atom is -0.322 e. The average Bonchev–Trinajstić information content (AvgIpc) is 2.63. The Morgan fingerprint density at radius 1 is 1.16 bits per heavy atom. The zero-order valence-electron chi connectivity index (χ0n) is 14.0. The molecular formula is C20H21FN2OS. The van der Waals surface area contributed by atoms with Gasteiger partial charge in [0.15, 0.2) is 0 Å². The Bertz CT molecular complexity index is 757. The summed E-state index contributed by atoms with van der Waals surface area (Å²) < 4.78 is 13.2. The lowest BCUT2D eigenvalue weighted by atomic mass is 10.1. The maximum atomic E-state index is 13.2. The van der Waals surface area contributed by atoms with E-state index in [4.69, 9.17) is 0 Å². The third kappa shape index (κ3) is 5.44. The van der Waals surface area contributed by atoms with Crippen LogP contribution in [0.4, 0.5) is 10.1 Å². The number of carbonyl (C=O) groups is 1. The van der Waals surface area contributed by atoms with Crippen molar-refractivity contribution in [1.82, 2.24) is 4.90 Å². The summed E-state index contributed by atoms with van der Waals surface area (Å²) in [5, 5.41) is 2.93. The molecule has 1 heterocycles. The van der Waals surface area contributed by atoms with Crippen molar-refractivity contribution in [3.05, 3.63) is 71.6 Å². The molecule has 1 saturated heterocycles. The molecule has 130 valence electrons. The zero-order valence-corrected chi connectivity index (χ0v) is 14.8. The number of anilines is 1. The number of thioether (sulfide) groups is 1. The molecule has 0 bridgehead atoms. The number of amides is 1. The normalized spacial score (nSPS) is 15.4. The quantitative estimate of drug-likeness (QED) is 0.821. The predicted molar refractivity (Wildman–Crippen MR) is 103 cm³/mol. The van der Waals surface area contributed by atoms with Gasteiger partial charge < -0.3 is 5.32 Å². The van der Waals surface area contributed by atoms with Crippen LogP contribution in [0.25, 0.3) is 6.08 Å². The Hall–Kier alpha value is -2.11. The monoisotopic (exact) mass is 356 g/mol. The van der Waals surface area contributed by atoms with Gasteiger partial charge in [-0.25, -0.2) is 4.39 Å². The van der Waals surface area contributed by atoms with Crippen LogP contribution in [0.3, 0.4) is 0 Å². The first-order valence-electron chi connectivity index (χ1n) is 8.33. The number of nitrogens with one attached hydrogen (secondary N) is 1. The summed E-state index contributed by atoms with van der Waals surface area (Å²) in [6.45, 7) is 2.99. The van der Waals surface area contributed by atoms with Gasteiger partial charge in [-0.3, -0.25) is 9.69 Å². The maximum Gasteiger partial charge on any atom is 0.248 e. The number of carbonyl (C=O) groups excluding carboxylic acids is 1. The van der Waals surface area contributed by atoms with Crippen molar-refractivity contribution in [2.24, 2.45) is 0 Å². The van der Waals surface area contributed by atoms with Crippen LogP contribution in [0.2, 0.25) is 0 Å². The van der Waals surface area contributed by atoms with E-state index >= 15 is 0 Å². The summed E-state index contributed by atoms with van der Waals surface area (Å²) >= 11 is 1.98. The first-order valence-corrected chi connectivity index (χ1v) is 9.49.